The van der Waals surface area contributed by atoms with Crippen LogP contribution in [0.15, 0.2) is 35.7 Å². The van der Waals surface area contributed by atoms with E-state index in [1.165, 1.54) is 18.4 Å². The van der Waals surface area contributed by atoms with Crippen molar-refractivity contribution in [3.63, 3.8) is 0 Å². The third-order valence-corrected chi connectivity index (χ3v) is 5.21. The number of aryl methyl sites for hydroxylation is 2. The molecule has 0 saturated carbocycles. The first-order chi connectivity index (χ1) is 14.5. The molecule has 2 rings (SSSR count). The van der Waals surface area contributed by atoms with Gasteiger partial charge in [-0.05, 0) is 31.2 Å². The SMILES string of the molecule is COC(=O)C[C@@H](CCc1ccccc1)NC(=O)CNC(=O)CCCc1csc(N)n1. The van der Waals surface area contributed by atoms with Crippen LogP contribution in [0.4, 0.5) is 5.13 Å². The van der Waals surface area contributed by atoms with Gasteiger partial charge in [0.15, 0.2) is 5.13 Å². The molecule has 30 heavy (non-hydrogen) atoms. The topological polar surface area (TPSA) is 123 Å². The molecule has 4 N–H and O–H groups in total. The van der Waals surface area contributed by atoms with Crippen LogP contribution in [0.3, 0.4) is 0 Å². The molecular weight excluding hydrogens is 404 g/mol. The minimum atomic E-state index is -0.389. The van der Waals surface area contributed by atoms with E-state index in [1.807, 2.05) is 35.7 Å². The third-order valence-electron chi connectivity index (χ3n) is 4.48. The van der Waals surface area contributed by atoms with Crippen molar-refractivity contribution in [2.75, 3.05) is 19.4 Å². The van der Waals surface area contributed by atoms with Gasteiger partial charge in [-0.15, -0.1) is 11.3 Å². The van der Waals surface area contributed by atoms with Crippen molar-refractivity contribution in [1.82, 2.24) is 15.6 Å². The number of nitrogen functional groups attached to an aromatic ring is 1. The molecule has 1 atom stereocenters. The van der Waals surface area contributed by atoms with Crippen LogP contribution in [0.5, 0.6) is 0 Å². The van der Waals surface area contributed by atoms with Crippen molar-refractivity contribution in [1.29, 1.82) is 0 Å². The molecule has 8 nitrogen and oxygen atoms in total. The molecule has 162 valence electrons. The number of hydrogen-bond acceptors (Lipinski definition) is 7. The number of methoxy groups -OCH3 is 1. The van der Waals surface area contributed by atoms with E-state index in [-0.39, 0.29) is 36.8 Å². The fourth-order valence-electron chi connectivity index (χ4n) is 2.91. The predicted molar refractivity (Wildman–Crippen MR) is 116 cm³/mol. The van der Waals surface area contributed by atoms with E-state index in [2.05, 4.69) is 15.6 Å². The molecule has 0 unspecified atom stereocenters. The monoisotopic (exact) mass is 432 g/mol. The molecule has 1 aromatic carbocycles. The van der Waals surface area contributed by atoms with E-state index < -0.39 is 0 Å². The van der Waals surface area contributed by atoms with Crippen LogP contribution in [-0.4, -0.2) is 42.5 Å². The number of aromatic nitrogens is 1. The molecule has 0 radical (unpaired) electrons. The maximum Gasteiger partial charge on any atom is 0.307 e. The molecule has 0 spiro atoms. The lowest BCUT2D eigenvalue weighted by molar-refractivity contribution is -0.141. The smallest absolute Gasteiger partial charge is 0.307 e. The number of benzene rings is 1. The number of nitrogens with one attached hydrogen (secondary N) is 2. The fraction of sp³-hybridized carbons (Fsp3) is 0.429. The van der Waals surface area contributed by atoms with Gasteiger partial charge in [0.1, 0.15) is 0 Å². The summed E-state index contributed by atoms with van der Waals surface area (Å²) >= 11 is 1.37. The van der Waals surface area contributed by atoms with Gasteiger partial charge in [-0.2, -0.15) is 0 Å². The highest BCUT2D eigenvalue weighted by Gasteiger charge is 2.17. The standard InChI is InChI=1S/C21H28N4O4S/c1-29-20(28)12-16(11-10-15-6-3-2-4-7-15)24-19(27)13-23-18(26)9-5-8-17-14-30-21(22)25-17/h2-4,6-7,14,16H,5,8-13H2,1H3,(H2,22,25)(H,23,26)(H,24,27)/t16-/m1/s1. The summed E-state index contributed by atoms with van der Waals surface area (Å²) in [5, 5.41) is 7.81. The van der Waals surface area contributed by atoms with Crippen molar-refractivity contribution in [3.8, 4) is 0 Å². The normalized spacial score (nSPS) is 11.5. The molecule has 0 bridgehead atoms. The van der Waals surface area contributed by atoms with Crippen LogP contribution < -0.4 is 16.4 Å². The second-order valence-corrected chi connectivity index (χ2v) is 7.77. The first-order valence-corrected chi connectivity index (χ1v) is 10.7. The highest BCUT2D eigenvalue weighted by molar-refractivity contribution is 7.13. The zero-order valence-electron chi connectivity index (χ0n) is 17.1. The lowest BCUT2D eigenvalue weighted by Crippen LogP contribution is -2.43. The average Bonchev–Trinajstić information content (AvgIpc) is 3.16. The van der Waals surface area contributed by atoms with Crippen molar-refractivity contribution < 1.29 is 19.1 Å². The summed E-state index contributed by atoms with van der Waals surface area (Å²) < 4.78 is 4.72. The molecule has 0 saturated heterocycles. The summed E-state index contributed by atoms with van der Waals surface area (Å²) in [6.45, 7) is -0.133. The van der Waals surface area contributed by atoms with Gasteiger partial charge in [-0.3, -0.25) is 14.4 Å². The molecular formula is C21H28N4O4S. The van der Waals surface area contributed by atoms with E-state index in [9.17, 15) is 14.4 Å². The highest BCUT2D eigenvalue weighted by Crippen LogP contribution is 2.13. The fourth-order valence-corrected chi connectivity index (χ4v) is 3.51. The minimum Gasteiger partial charge on any atom is -0.469 e. The Balaban J connectivity index is 1.72. The molecule has 0 aliphatic heterocycles. The summed E-state index contributed by atoms with van der Waals surface area (Å²) in [6, 6.07) is 9.46. The molecule has 1 heterocycles. The maximum absolute atomic E-state index is 12.2. The molecule has 9 heteroatoms. The van der Waals surface area contributed by atoms with Crippen molar-refractivity contribution in [2.24, 2.45) is 0 Å². The van der Waals surface area contributed by atoms with Gasteiger partial charge in [0.25, 0.3) is 0 Å². The van der Waals surface area contributed by atoms with Gasteiger partial charge < -0.3 is 21.1 Å². The molecule has 0 fully saturated rings. The number of ether oxygens (including phenoxy) is 1. The summed E-state index contributed by atoms with van der Waals surface area (Å²) in [4.78, 5) is 40.0. The first-order valence-electron chi connectivity index (χ1n) is 9.83. The van der Waals surface area contributed by atoms with Crippen molar-refractivity contribution >= 4 is 34.3 Å². The Kier molecular flexibility index (Phi) is 9.79. The lowest BCUT2D eigenvalue weighted by Gasteiger charge is -2.18. The summed E-state index contributed by atoms with van der Waals surface area (Å²) in [7, 11) is 1.32. The van der Waals surface area contributed by atoms with Crippen LogP contribution in [-0.2, 0) is 32.0 Å². The number of thiazole rings is 1. The number of nitrogens with zero attached hydrogens (tertiary/aromatic N) is 1. The van der Waals surface area contributed by atoms with E-state index in [1.54, 1.807) is 0 Å². The zero-order valence-corrected chi connectivity index (χ0v) is 17.9. The Bertz CT molecular complexity index is 825. The Hall–Kier alpha value is -2.94. The van der Waals surface area contributed by atoms with E-state index in [0.29, 0.717) is 30.8 Å². The number of esters is 1. The van der Waals surface area contributed by atoms with Crippen LogP contribution in [0.1, 0.15) is 36.9 Å². The Morgan fingerprint density at radius 1 is 1.17 bits per heavy atom. The lowest BCUT2D eigenvalue weighted by atomic mass is 10.0. The molecule has 2 aromatic rings. The second kappa shape index (κ2) is 12.6. The van der Waals surface area contributed by atoms with Crippen LogP contribution in [0.25, 0.3) is 0 Å². The van der Waals surface area contributed by atoms with Crippen LogP contribution in [0.2, 0.25) is 0 Å². The molecule has 0 aliphatic carbocycles. The maximum atomic E-state index is 12.2. The number of carbonyl (C=O) groups is 3. The Morgan fingerprint density at radius 3 is 2.60 bits per heavy atom. The van der Waals surface area contributed by atoms with Gasteiger partial charge in [-0.1, -0.05) is 30.3 Å². The van der Waals surface area contributed by atoms with Crippen LogP contribution in [0, 0.1) is 0 Å². The average molecular weight is 433 g/mol. The Labute approximate surface area is 180 Å². The number of rotatable bonds is 12. The quantitative estimate of drug-likeness (QED) is 0.440. The third kappa shape index (κ3) is 9.04. The highest BCUT2D eigenvalue weighted by atomic mass is 32.1. The minimum absolute atomic E-state index is 0.0831. The second-order valence-electron chi connectivity index (χ2n) is 6.88. The number of hydrogen-bond donors (Lipinski definition) is 3. The van der Waals surface area contributed by atoms with E-state index >= 15 is 0 Å². The molecule has 0 aliphatic rings. The first kappa shape index (κ1) is 23.3. The van der Waals surface area contributed by atoms with Gasteiger partial charge in [-0.25, -0.2) is 4.98 Å². The zero-order chi connectivity index (χ0) is 21.8. The molecule has 2 amide bonds. The predicted octanol–water partition coefficient (Wildman–Crippen LogP) is 1.84. The number of anilines is 1. The largest absolute Gasteiger partial charge is 0.469 e. The van der Waals surface area contributed by atoms with Gasteiger partial charge in [0, 0.05) is 17.8 Å². The van der Waals surface area contributed by atoms with E-state index in [4.69, 9.17) is 10.5 Å². The number of amides is 2. The summed E-state index contributed by atoms with van der Waals surface area (Å²) in [5.41, 5.74) is 7.57. The van der Waals surface area contributed by atoms with E-state index in [0.717, 1.165) is 17.7 Å². The number of nitrogens with two attached hydrogens (primary N) is 1. The number of carbonyl (C=O) groups excluding carboxylic acids is 3. The summed E-state index contributed by atoms with van der Waals surface area (Å²) in [6.07, 6.45) is 2.97. The molecule has 1 aromatic heterocycles. The van der Waals surface area contributed by atoms with Gasteiger partial charge >= 0.3 is 5.97 Å². The van der Waals surface area contributed by atoms with Crippen LogP contribution >= 0.6 is 11.3 Å². The Morgan fingerprint density at radius 2 is 1.93 bits per heavy atom. The van der Waals surface area contributed by atoms with Crippen molar-refractivity contribution in [2.45, 2.75) is 44.6 Å². The summed E-state index contributed by atoms with van der Waals surface area (Å²) in [5.74, 6) is -0.931. The van der Waals surface area contributed by atoms with Gasteiger partial charge in [0.05, 0.1) is 25.8 Å². The van der Waals surface area contributed by atoms with Gasteiger partial charge in [0.2, 0.25) is 11.8 Å². The van der Waals surface area contributed by atoms with Crippen molar-refractivity contribution in [3.05, 3.63) is 47.0 Å².